The van der Waals surface area contributed by atoms with E-state index in [0.29, 0.717) is 6.42 Å². The molecule has 0 aromatic heterocycles. The molecule has 18 heavy (non-hydrogen) atoms. The predicted octanol–water partition coefficient (Wildman–Crippen LogP) is 1.64. The topological polar surface area (TPSA) is 61.8 Å². The van der Waals surface area contributed by atoms with Gasteiger partial charge in [-0.25, -0.2) is 0 Å². The van der Waals surface area contributed by atoms with E-state index in [0.717, 1.165) is 0 Å². The van der Waals surface area contributed by atoms with Gasteiger partial charge in [0, 0.05) is 13.0 Å². The van der Waals surface area contributed by atoms with Gasteiger partial charge in [0.2, 0.25) is 0 Å². The third-order valence-electron chi connectivity index (χ3n) is 2.84. The Kier molecular flexibility index (Phi) is 4.63. The first kappa shape index (κ1) is 15.7. The van der Waals surface area contributed by atoms with Crippen molar-refractivity contribution in [2.75, 3.05) is 7.11 Å². The molecule has 0 aliphatic carbocycles. The molecule has 1 unspecified atom stereocenters. The summed E-state index contributed by atoms with van der Waals surface area (Å²) >= 11 is 0. The van der Waals surface area contributed by atoms with Crippen molar-refractivity contribution in [1.29, 1.82) is 0 Å². The number of rotatable bonds is 4. The molecule has 0 spiro atoms. The SMILES string of the molecule is CC[C@H]1OC(OC)[C@@H](OS(=O)(=O)C(F)(F)F)[C@@H]1C. The van der Waals surface area contributed by atoms with Gasteiger partial charge in [0.15, 0.2) is 6.29 Å². The number of methoxy groups -OCH3 is 1. The van der Waals surface area contributed by atoms with Crippen LogP contribution in [0.4, 0.5) is 13.2 Å². The minimum absolute atomic E-state index is 0.400. The molecule has 1 rings (SSSR count). The molecule has 4 atom stereocenters. The standard InChI is InChI=1S/C9H15F3O5S/c1-4-6-5(2)7(8(15-3)16-6)17-18(13,14)9(10,11)12/h5-8H,4H2,1-3H3/t5-,6-,7+,8?/m1/s1. The molecular weight excluding hydrogens is 277 g/mol. The minimum Gasteiger partial charge on any atom is -0.353 e. The molecule has 0 saturated carbocycles. The number of hydrogen-bond acceptors (Lipinski definition) is 5. The molecule has 1 aliphatic rings. The number of alkyl halides is 3. The van der Waals surface area contributed by atoms with E-state index < -0.39 is 40.0 Å². The highest BCUT2D eigenvalue weighted by Crippen LogP contribution is 2.35. The van der Waals surface area contributed by atoms with Crippen molar-refractivity contribution in [1.82, 2.24) is 0 Å². The molecule has 1 aliphatic heterocycles. The van der Waals surface area contributed by atoms with Gasteiger partial charge in [0.25, 0.3) is 0 Å². The molecule has 1 heterocycles. The fourth-order valence-electron chi connectivity index (χ4n) is 1.82. The molecule has 0 radical (unpaired) electrons. The third kappa shape index (κ3) is 2.95. The monoisotopic (exact) mass is 292 g/mol. The van der Waals surface area contributed by atoms with Crippen molar-refractivity contribution in [3.63, 3.8) is 0 Å². The lowest BCUT2D eigenvalue weighted by Gasteiger charge is -2.20. The van der Waals surface area contributed by atoms with Gasteiger partial charge >= 0.3 is 15.6 Å². The Morgan fingerprint density at radius 1 is 1.33 bits per heavy atom. The number of ether oxygens (including phenoxy) is 2. The Labute approximate surface area is 103 Å². The summed E-state index contributed by atoms with van der Waals surface area (Å²) in [6.45, 7) is 3.33. The zero-order valence-corrected chi connectivity index (χ0v) is 10.9. The first-order chi connectivity index (χ1) is 8.14. The highest BCUT2D eigenvalue weighted by atomic mass is 32.2. The lowest BCUT2D eigenvalue weighted by atomic mass is 9.99. The van der Waals surface area contributed by atoms with E-state index in [1.165, 1.54) is 7.11 Å². The van der Waals surface area contributed by atoms with Crippen molar-refractivity contribution in [3.8, 4) is 0 Å². The van der Waals surface area contributed by atoms with Crippen LogP contribution in [0.1, 0.15) is 20.3 Å². The lowest BCUT2D eigenvalue weighted by Crippen LogP contribution is -2.37. The minimum atomic E-state index is -5.65. The normalized spacial score (nSPS) is 33.9. The second-order valence-corrected chi connectivity index (χ2v) is 5.57. The van der Waals surface area contributed by atoms with Gasteiger partial charge in [0.05, 0.1) is 6.10 Å². The molecule has 1 saturated heterocycles. The molecule has 0 bridgehead atoms. The van der Waals surface area contributed by atoms with Gasteiger partial charge < -0.3 is 9.47 Å². The molecule has 1 fully saturated rings. The van der Waals surface area contributed by atoms with Crippen LogP contribution in [-0.2, 0) is 23.8 Å². The van der Waals surface area contributed by atoms with Crippen molar-refractivity contribution in [3.05, 3.63) is 0 Å². The van der Waals surface area contributed by atoms with E-state index in [1.54, 1.807) is 13.8 Å². The van der Waals surface area contributed by atoms with E-state index in [4.69, 9.17) is 9.47 Å². The zero-order chi connectivity index (χ0) is 14.1. The van der Waals surface area contributed by atoms with E-state index in [1.807, 2.05) is 0 Å². The third-order valence-corrected chi connectivity index (χ3v) is 3.88. The van der Waals surface area contributed by atoms with Gasteiger partial charge in [-0.05, 0) is 6.42 Å². The van der Waals surface area contributed by atoms with Crippen LogP contribution in [0.25, 0.3) is 0 Å². The summed E-state index contributed by atoms with van der Waals surface area (Å²) < 4.78 is 72.9. The fraction of sp³-hybridized carbons (Fsp3) is 1.00. The molecular formula is C9H15F3O5S. The van der Waals surface area contributed by atoms with Crippen LogP contribution in [0.15, 0.2) is 0 Å². The molecule has 0 N–H and O–H groups in total. The summed E-state index contributed by atoms with van der Waals surface area (Å²) in [5.41, 5.74) is -5.45. The van der Waals surface area contributed by atoms with Crippen molar-refractivity contribution < 1.29 is 35.2 Å². The molecule has 0 aromatic carbocycles. The van der Waals surface area contributed by atoms with Crippen LogP contribution < -0.4 is 0 Å². The quantitative estimate of drug-likeness (QED) is 0.582. The Morgan fingerprint density at radius 3 is 2.28 bits per heavy atom. The van der Waals surface area contributed by atoms with E-state index in [9.17, 15) is 21.6 Å². The number of halogens is 3. The summed E-state index contributed by atoms with van der Waals surface area (Å²) in [5, 5.41) is 0. The smallest absolute Gasteiger partial charge is 0.353 e. The Hall–Kier alpha value is -0.380. The first-order valence-corrected chi connectivity index (χ1v) is 6.72. The van der Waals surface area contributed by atoms with Gasteiger partial charge in [0.1, 0.15) is 6.10 Å². The summed E-state index contributed by atoms with van der Waals surface area (Å²) in [6.07, 6.45) is -2.30. The van der Waals surface area contributed by atoms with Gasteiger partial charge in [-0.15, -0.1) is 0 Å². The lowest BCUT2D eigenvalue weighted by molar-refractivity contribution is -0.146. The molecule has 0 aromatic rings. The van der Waals surface area contributed by atoms with Crippen LogP contribution in [0, 0.1) is 5.92 Å². The maximum Gasteiger partial charge on any atom is 0.523 e. The van der Waals surface area contributed by atoms with Crippen molar-refractivity contribution >= 4 is 10.1 Å². The average molecular weight is 292 g/mol. The van der Waals surface area contributed by atoms with Crippen molar-refractivity contribution in [2.24, 2.45) is 5.92 Å². The first-order valence-electron chi connectivity index (χ1n) is 5.31. The van der Waals surface area contributed by atoms with Crippen LogP contribution in [0.3, 0.4) is 0 Å². The average Bonchev–Trinajstić information content (AvgIpc) is 2.54. The van der Waals surface area contributed by atoms with Crippen LogP contribution >= 0.6 is 0 Å². The van der Waals surface area contributed by atoms with E-state index in [-0.39, 0.29) is 0 Å². The van der Waals surface area contributed by atoms with E-state index in [2.05, 4.69) is 4.18 Å². The van der Waals surface area contributed by atoms with Gasteiger partial charge in [-0.3, -0.25) is 4.18 Å². The second kappa shape index (κ2) is 5.32. The van der Waals surface area contributed by atoms with Crippen LogP contribution in [0.2, 0.25) is 0 Å². The largest absolute Gasteiger partial charge is 0.523 e. The molecule has 5 nitrogen and oxygen atoms in total. The van der Waals surface area contributed by atoms with Gasteiger partial charge in [-0.2, -0.15) is 21.6 Å². The Morgan fingerprint density at radius 2 is 1.89 bits per heavy atom. The maximum atomic E-state index is 12.2. The second-order valence-electron chi connectivity index (χ2n) is 4.01. The fourth-order valence-corrected chi connectivity index (χ4v) is 2.49. The summed E-state index contributed by atoms with van der Waals surface area (Å²) in [7, 11) is -4.43. The van der Waals surface area contributed by atoms with Crippen molar-refractivity contribution in [2.45, 2.75) is 44.3 Å². The molecule has 0 amide bonds. The van der Waals surface area contributed by atoms with E-state index >= 15 is 0 Å². The Balaban J connectivity index is 2.89. The zero-order valence-electron chi connectivity index (χ0n) is 10.1. The van der Waals surface area contributed by atoms with Crippen LogP contribution in [-0.4, -0.2) is 39.5 Å². The summed E-state index contributed by atoms with van der Waals surface area (Å²) in [6, 6.07) is 0. The number of hydrogen-bond donors (Lipinski definition) is 0. The molecule has 9 heteroatoms. The van der Waals surface area contributed by atoms with Gasteiger partial charge in [-0.1, -0.05) is 13.8 Å². The highest BCUT2D eigenvalue weighted by Gasteiger charge is 2.53. The predicted molar refractivity (Wildman–Crippen MR) is 55.0 cm³/mol. The Bertz CT molecular complexity index is 378. The maximum absolute atomic E-state index is 12.2. The summed E-state index contributed by atoms with van der Waals surface area (Å²) in [4.78, 5) is 0. The highest BCUT2D eigenvalue weighted by molar-refractivity contribution is 7.87. The molecule has 108 valence electrons. The summed E-state index contributed by atoms with van der Waals surface area (Å²) in [5.74, 6) is -0.517. The van der Waals surface area contributed by atoms with Crippen LogP contribution in [0.5, 0.6) is 0 Å².